The number of para-hydroxylation sites is 2. The van der Waals surface area contributed by atoms with E-state index in [2.05, 4.69) is 9.98 Å². The van der Waals surface area contributed by atoms with Crippen LogP contribution < -0.4 is 0 Å². The fraction of sp³-hybridized carbons (Fsp3) is 0. The van der Waals surface area contributed by atoms with Crippen molar-refractivity contribution in [3.8, 4) is 11.6 Å². The van der Waals surface area contributed by atoms with Gasteiger partial charge in [0.05, 0.1) is 16.8 Å². The van der Waals surface area contributed by atoms with Gasteiger partial charge in [-0.2, -0.15) is 0 Å². The van der Waals surface area contributed by atoms with E-state index in [-0.39, 0.29) is 17.2 Å². The Labute approximate surface area is 115 Å². The van der Waals surface area contributed by atoms with Gasteiger partial charge in [-0.3, -0.25) is 4.99 Å². The third kappa shape index (κ3) is 2.19. The van der Waals surface area contributed by atoms with Crippen LogP contribution in [0.4, 0.5) is 5.69 Å². The number of nitrogens with zero attached hydrogens (tertiary/aromatic N) is 2. The number of aromatic nitrogens is 1. The molecule has 1 heterocycles. The molecular formula is C16H12N2O2. The van der Waals surface area contributed by atoms with Crippen molar-refractivity contribution in [1.82, 2.24) is 4.98 Å². The van der Waals surface area contributed by atoms with Gasteiger partial charge in [0.15, 0.2) is 0 Å². The van der Waals surface area contributed by atoms with Crippen molar-refractivity contribution in [1.29, 1.82) is 0 Å². The molecule has 0 saturated carbocycles. The van der Waals surface area contributed by atoms with Crippen molar-refractivity contribution in [2.45, 2.75) is 0 Å². The summed E-state index contributed by atoms with van der Waals surface area (Å²) in [5.41, 5.74) is 1.49. The standard InChI is InChI=1S/C16H12N2O2/c19-15-12-8-4-5-9-14(12)18-16(20)13(15)10-17-11-6-2-1-3-7-11/h1-10H,(H2,18,19,20)/b17-10+. The van der Waals surface area contributed by atoms with Crippen molar-refractivity contribution < 1.29 is 10.2 Å². The van der Waals surface area contributed by atoms with Crippen LogP contribution >= 0.6 is 0 Å². The maximum atomic E-state index is 10.2. The SMILES string of the molecule is Oc1nc2ccccc2c(O)c1/C=N/c1ccccc1. The number of aromatic hydroxyl groups is 2. The highest BCUT2D eigenvalue weighted by atomic mass is 16.3. The lowest BCUT2D eigenvalue weighted by Crippen LogP contribution is -1.89. The van der Waals surface area contributed by atoms with Crippen LogP contribution in [-0.4, -0.2) is 21.4 Å². The largest absolute Gasteiger partial charge is 0.506 e. The Hall–Kier alpha value is -2.88. The van der Waals surface area contributed by atoms with Gasteiger partial charge in [-0.15, -0.1) is 0 Å². The van der Waals surface area contributed by atoms with Crippen LogP contribution in [0.25, 0.3) is 10.9 Å². The maximum absolute atomic E-state index is 10.2. The van der Waals surface area contributed by atoms with Gasteiger partial charge in [0.1, 0.15) is 5.75 Å². The molecule has 2 aromatic carbocycles. The highest BCUT2D eigenvalue weighted by Gasteiger charge is 2.11. The second-order valence-electron chi connectivity index (χ2n) is 4.31. The third-order valence-electron chi connectivity index (χ3n) is 2.98. The Morgan fingerprint density at radius 2 is 1.60 bits per heavy atom. The van der Waals surface area contributed by atoms with Gasteiger partial charge in [0, 0.05) is 11.6 Å². The molecule has 0 saturated heterocycles. The number of fused-ring (bicyclic) bond motifs is 1. The lowest BCUT2D eigenvalue weighted by Gasteiger charge is -2.05. The normalized spacial score (nSPS) is 11.2. The van der Waals surface area contributed by atoms with Gasteiger partial charge >= 0.3 is 0 Å². The first-order chi connectivity index (χ1) is 9.75. The average molecular weight is 264 g/mol. The number of pyridine rings is 1. The molecule has 0 spiro atoms. The van der Waals surface area contributed by atoms with E-state index in [1.165, 1.54) is 6.21 Å². The zero-order chi connectivity index (χ0) is 13.9. The molecule has 0 aliphatic carbocycles. The lowest BCUT2D eigenvalue weighted by molar-refractivity contribution is 0.439. The first kappa shape index (κ1) is 12.2. The average Bonchev–Trinajstić information content (AvgIpc) is 2.48. The molecule has 3 aromatic rings. The summed E-state index contributed by atoms with van der Waals surface area (Å²) < 4.78 is 0. The van der Waals surface area contributed by atoms with E-state index in [0.717, 1.165) is 5.69 Å². The zero-order valence-electron chi connectivity index (χ0n) is 10.6. The van der Waals surface area contributed by atoms with Crippen molar-refractivity contribution in [3.05, 3.63) is 60.2 Å². The summed E-state index contributed by atoms with van der Waals surface area (Å²) in [7, 11) is 0. The van der Waals surface area contributed by atoms with Gasteiger partial charge in [-0.25, -0.2) is 4.98 Å². The summed E-state index contributed by atoms with van der Waals surface area (Å²) in [6.45, 7) is 0. The van der Waals surface area contributed by atoms with E-state index in [0.29, 0.717) is 10.9 Å². The molecule has 0 radical (unpaired) electrons. The minimum Gasteiger partial charge on any atom is -0.506 e. The molecule has 2 N–H and O–H groups in total. The topological polar surface area (TPSA) is 65.7 Å². The molecule has 1 aromatic heterocycles. The molecule has 20 heavy (non-hydrogen) atoms. The number of hydrogen-bond acceptors (Lipinski definition) is 4. The van der Waals surface area contributed by atoms with Crippen molar-refractivity contribution in [2.24, 2.45) is 4.99 Å². The first-order valence-corrected chi connectivity index (χ1v) is 6.15. The van der Waals surface area contributed by atoms with E-state index in [1.54, 1.807) is 24.3 Å². The molecule has 0 fully saturated rings. The smallest absolute Gasteiger partial charge is 0.224 e. The van der Waals surface area contributed by atoms with Gasteiger partial charge < -0.3 is 10.2 Å². The minimum absolute atomic E-state index is 0.0206. The highest BCUT2D eigenvalue weighted by molar-refractivity contribution is 5.97. The molecule has 4 heteroatoms. The number of rotatable bonds is 2. The predicted molar refractivity (Wildman–Crippen MR) is 78.8 cm³/mol. The van der Waals surface area contributed by atoms with Crippen molar-refractivity contribution >= 4 is 22.8 Å². The quantitative estimate of drug-likeness (QED) is 0.697. The first-order valence-electron chi connectivity index (χ1n) is 6.15. The summed E-state index contributed by atoms with van der Waals surface area (Å²) >= 11 is 0. The van der Waals surface area contributed by atoms with E-state index < -0.39 is 0 Å². The van der Waals surface area contributed by atoms with Gasteiger partial charge in [0.2, 0.25) is 5.88 Å². The van der Waals surface area contributed by atoms with Gasteiger partial charge in [-0.1, -0.05) is 30.3 Å². The Morgan fingerprint density at radius 3 is 2.40 bits per heavy atom. The number of hydrogen-bond donors (Lipinski definition) is 2. The molecule has 0 bridgehead atoms. The second kappa shape index (κ2) is 5.01. The molecule has 0 amide bonds. The molecular weight excluding hydrogens is 252 g/mol. The molecule has 3 rings (SSSR count). The van der Waals surface area contributed by atoms with Crippen molar-refractivity contribution in [2.75, 3.05) is 0 Å². The van der Waals surface area contributed by atoms with Crippen LogP contribution in [0.5, 0.6) is 11.6 Å². The Morgan fingerprint density at radius 1 is 0.900 bits per heavy atom. The van der Waals surface area contributed by atoms with Crippen LogP contribution in [0.2, 0.25) is 0 Å². The summed E-state index contributed by atoms with van der Waals surface area (Å²) in [6, 6.07) is 16.4. The van der Waals surface area contributed by atoms with Gasteiger partial charge in [0.25, 0.3) is 0 Å². The van der Waals surface area contributed by atoms with E-state index in [1.807, 2.05) is 30.3 Å². The molecule has 0 aliphatic heterocycles. The fourth-order valence-electron chi connectivity index (χ4n) is 1.97. The maximum Gasteiger partial charge on any atom is 0.224 e. The summed E-state index contributed by atoms with van der Waals surface area (Å²) in [6.07, 6.45) is 1.42. The Balaban J connectivity index is 2.10. The number of benzene rings is 2. The molecule has 98 valence electrons. The van der Waals surface area contributed by atoms with Crippen LogP contribution in [0.3, 0.4) is 0 Å². The van der Waals surface area contributed by atoms with E-state index in [9.17, 15) is 10.2 Å². The number of aliphatic imine (C=N–C) groups is 1. The van der Waals surface area contributed by atoms with E-state index in [4.69, 9.17) is 0 Å². The minimum atomic E-state index is -0.235. The van der Waals surface area contributed by atoms with Crippen LogP contribution in [-0.2, 0) is 0 Å². The predicted octanol–water partition coefficient (Wildman–Crippen LogP) is 3.40. The third-order valence-corrected chi connectivity index (χ3v) is 2.98. The summed E-state index contributed by atoms with van der Waals surface area (Å²) in [5, 5.41) is 20.7. The highest BCUT2D eigenvalue weighted by Crippen LogP contribution is 2.31. The second-order valence-corrected chi connectivity index (χ2v) is 4.31. The van der Waals surface area contributed by atoms with Gasteiger partial charge in [-0.05, 0) is 24.3 Å². The molecule has 0 unspecified atom stereocenters. The van der Waals surface area contributed by atoms with Crippen LogP contribution in [0.1, 0.15) is 5.56 Å². The summed E-state index contributed by atoms with van der Waals surface area (Å²) in [5.74, 6) is -0.256. The Bertz CT molecular complexity index is 783. The molecule has 0 aliphatic rings. The van der Waals surface area contributed by atoms with Crippen LogP contribution in [0.15, 0.2) is 59.6 Å². The Kier molecular flexibility index (Phi) is 3.05. The van der Waals surface area contributed by atoms with Crippen molar-refractivity contribution in [3.63, 3.8) is 0 Å². The lowest BCUT2D eigenvalue weighted by atomic mass is 10.1. The fourth-order valence-corrected chi connectivity index (χ4v) is 1.97. The summed E-state index contributed by atoms with van der Waals surface area (Å²) in [4.78, 5) is 8.27. The van der Waals surface area contributed by atoms with E-state index >= 15 is 0 Å². The monoisotopic (exact) mass is 264 g/mol. The molecule has 4 nitrogen and oxygen atoms in total. The zero-order valence-corrected chi connectivity index (χ0v) is 10.6. The molecule has 0 atom stereocenters. The van der Waals surface area contributed by atoms with Crippen LogP contribution in [0, 0.1) is 0 Å².